The van der Waals surface area contributed by atoms with Gasteiger partial charge < -0.3 is 0 Å². The lowest BCUT2D eigenvalue weighted by Crippen LogP contribution is -2.40. The monoisotopic (exact) mass is 253 g/mol. The molecule has 2 rings (SSSR count). The molecule has 1 heterocycles. The number of rotatable bonds is 4. The molecule has 18 heavy (non-hydrogen) atoms. The van der Waals surface area contributed by atoms with Gasteiger partial charge in [-0.3, -0.25) is 4.98 Å². The van der Waals surface area contributed by atoms with Gasteiger partial charge in [-0.2, -0.15) is 0 Å². The lowest BCUT2D eigenvalue weighted by Gasteiger charge is -2.20. The molecule has 0 saturated carbocycles. The van der Waals surface area contributed by atoms with Gasteiger partial charge in [0.15, 0.2) is 0 Å². The third kappa shape index (κ3) is 3.41. The molecule has 1 aromatic heterocycles. The summed E-state index contributed by atoms with van der Waals surface area (Å²) in [6.07, 6.45) is 8.16. The molecule has 0 aliphatic carbocycles. The molecular weight excluding hydrogens is 234 g/mol. The van der Waals surface area contributed by atoms with Crippen molar-refractivity contribution in [1.82, 2.24) is 4.98 Å². The van der Waals surface area contributed by atoms with Crippen LogP contribution in [-0.2, 0) is 0 Å². The molecular formula is C16H19NSi. The van der Waals surface area contributed by atoms with E-state index in [4.69, 9.17) is 0 Å². The van der Waals surface area contributed by atoms with E-state index in [9.17, 15) is 0 Å². The maximum Gasteiger partial charge on any atom is 0.0843 e. The first-order valence-corrected chi connectivity index (χ1v) is 9.51. The van der Waals surface area contributed by atoms with Crippen LogP contribution < -0.4 is 5.19 Å². The SMILES string of the molecule is C[Si](C)(C/C=C/c1cccnc1)c1ccccc1. The number of benzene rings is 1. The minimum Gasteiger partial charge on any atom is -0.264 e. The van der Waals surface area contributed by atoms with Crippen LogP contribution in [0.15, 0.2) is 60.9 Å². The van der Waals surface area contributed by atoms with E-state index in [-0.39, 0.29) is 0 Å². The number of hydrogen-bond donors (Lipinski definition) is 0. The van der Waals surface area contributed by atoms with Crippen LogP contribution in [0, 0.1) is 0 Å². The van der Waals surface area contributed by atoms with Gasteiger partial charge in [0.05, 0.1) is 8.07 Å². The summed E-state index contributed by atoms with van der Waals surface area (Å²) in [5, 5.41) is 1.51. The molecule has 0 bridgehead atoms. The molecule has 0 amide bonds. The lowest BCUT2D eigenvalue weighted by atomic mass is 10.3. The second-order valence-electron chi connectivity index (χ2n) is 5.14. The van der Waals surface area contributed by atoms with Gasteiger partial charge in [0, 0.05) is 12.4 Å². The summed E-state index contributed by atoms with van der Waals surface area (Å²) in [7, 11) is -1.34. The molecule has 1 nitrogen and oxygen atoms in total. The van der Waals surface area contributed by atoms with Crippen molar-refractivity contribution in [1.29, 1.82) is 0 Å². The summed E-state index contributed by atoms with van der Waals surface area (Å²) in [5.41, 5.74) is 1.18. The number of allylic oxidation sites excluding steroid dienone is 1. The van der Waals surface area contributed by atoms with E-state index in [1.165, 1.54) is 10.8 Å². The highest BCUT2D eigenvalue weighted by molar-refractivity contribution is 6.90. The first kappa shape index (κ1) is 12.8. The van der Waals surface area contributed by atoms with Crippen LogP contribution in [0.25, 0.3) is 6.08 Å². The Kier molecular flexibility index (Phi) is 4.10. The molecule has 0 N–H and O–H groups in total. The smallest absolute Gasteiger partial charge is 0.0843 e. The number of pyridine rings is 1. The molecule has 0 unspecified atom stereocenters. The molecule has 2 aromatic rings. The minimum atomic E-state index is -1.34. The summed E-state index contributed by atoms with van der Waals surface area (Å²) in [6, 6.07) is 16.1. The average molecular weight is 253 g/mol. The standard InChI is InChI=1S/C16H19NSi/c1-18(2,16-10-4-3-5-11-16)13-7-9-15-8-6-12-17-14-15/h3-12,14H,13H2,1-2H3/b9-7+. The van der Waals surface area contributed by atoms with Gasteiger partial charge in [0.25, 0.3) is 0 Å². The van der Waals surface area contributed by atoms with Gasteiger partial charge in [-0.05, 0) is 17.7 Å². The van der Waals surface area contributed by atoms with Crippen molar-refractivity contribution < 1.29 is 0 Å². The van der Waals surface area contributed by atoms with Gasteiger partial charge >= 0.3 is 0 Å². The van der Waals surface area contributed by atoms with Crippen molar-refractivity contribution in [3.05, 3.63) is 66.5 Å². The number of nitrogens with zero attached hydrogens (tertiary/aromatic N) is 1. The van der Waals surface area contributed by atoms with E-state index < -0.39 is 8.07 Å². The first-order valence-electron chi connectivity index (χ1n) is 6.30. The van der Waals surface area contributed by atoms with E-state index >= 15 is 0 Å². The van der Waals surface area contributed by atoms with E-state index in [2.05, 4.69) is 66.6 Å². The van der Waals surface area contributed by atoms with Gasteiger partial charge in [-0.15, -0.1) is 0 Å². The lowest BCUT2D eigenvalue weighted by molar-refractivity contribution is 1.32. The fourth-order valence-corrected chi connectivity index (χ4v) is 4.01. The molecule has 0 radical (unpaired) electrons. The predicted molar refractivity (Wildman–Crippen MR) is 81.6 cm³/mol. The molecule has 0 atom stereocenters. The Labute approximate surface area is 110 Å². The van der Waals surface area contributed by atoms with Gasteiger partial charge in [0.2, 0.25) is 0 Å². The third-order valence-electron chi connectivity index (χ3n) is 3.18. The van der Waals surface area contributed by atoms with E-state index in [0.717, 1.165) is 6.04 Å². The normalized spacial score (nSPS) is 11.9. The van der Waals surface area contributed by atoms with Crippen molar-refractivity contribution >= 4 is 19.3 Å². The van der Waals surface area contributed by atoms with E-state index in [1.54, 1.807) is 6.20 Å². The van der Waals surface area contributed by atoms with Crippen LogP contribution in [0.3, 0.4) is 0 Å². The summed E-state index contributed by atoms with van der Waals surface area (Å²) in [4.78, 5) is 4.12. The first-order chi connectivity index (χ1) is 8.68. The van der Waals surface area contributed by atoms with E-state index in [0.29, 0.717) is 0 Å². The number of hydrogen-bond acceptors (Lipinski definition) is 1. The van der Waals surface area contributed by atoms with Crippen LogP contribution in [0.2, 0.25) is 19.1 Å². The molecule has 2 heteroatoms. The molecule has 0 aliphatic heterocycles. The van der Waals surface area contributed by atoms with Crippen molar-refractivity contribution in [3.8, 4) is 0 Å². The Hall–Kier alpha value is -1.67. The van der Waals surface area contributed by atoms with Crippen molar-refractivity contribution in [3.63, 3.8) is 0 Å². The van der Waals surface area contributed by atoms with E-state index in [1.807, 2.05) is 12.3 Å². The Balaban J connectivity index is 2.04. The second-order valence-corrected chi connectivity index (χ2v) is 9.90. The fourth-order valence-electron chi connectivity index (χ4n) is 1.97. The zero-order valence-electron chi connectivity index (χ0n) is 11.0. The molecule has 0 aliphatic rings. The molecule has 0 fully saturated rings. The molecule has 92 valence electrons. The summed E-state index contributed by atoms with van der Waals surface area (Å²) in [6.45, 7) is 4.83. The summed E-state index contributed by atoms with van der Waals surface area (Å²) in [5.74, 6) is 0. The molecule has 0 saturated heterocycles. The zero-order chi connectivity index (χ0) is 12.8. The Morgan fingerprint density at radius 1 is 1.06 bits per heavy atom. The largest absolute Gasteiger partial charge is 0.264 e. The fraction of sp³-hybridized carbons (Fsp3) is 0.188. The second kappa shape index (κ2) is 5.78. The predicted octanol–water partition coefficient (Wildman–Crippen LogP) is 3.71. The van der Waals surface area contributed by atoms with Gasteiger partial charge in [0.1, 0.15) is 0 Å². The maximum atomic E-state index is 4.12. The van der Waals surface area contributed by atoms with Crippen LogP contribution in [0.5, 0.6) is 0 Å². The Morgan fingerprint density at radius 3 is 2.50 bits per heavy atom. The van der Waals surface area contributed by atoms with Gasteiger partial charge in [-0.1, -0.05) is 66.8 Å². The topological polar surface area (TPSA) is 12.9 Å². The van der Waals surface area contributed by atoms with Crippen LogP contribution in [0.4, 0.5) is 0 Å². The summed E-state index contributed by atoms with van der Waals surface area (Å²) < 4.78 is 0. The molecule has 0 spiro atoms. The van der Waals surface area contributed by atoms with Gasteiger partial charge in [-0.25, -0.2) is 0 Å². The Morgan fingerprint density at radius 2 is 1.83 bits per heavy atom. The quantitative estimate of drug-likeness (QED) is 0.757. The average Bonchev–Trinajstić information content (AvgIpc) is 2.41. The highest BCUT2D eigenvalue weighted by Crippen LogP contribution is 2.12. The van der Waals surface area contributed by atoms with Crippen molar-refractivity contribution in [2.75, 3.05) is 0 Å². The highest BCUT2D eigenvalue weighted by atomic mass is 28.3. The van der Waals surface area contributed by atoms with Crippen molar-refractivity contribution in [2.45, 2.75) is 19.1 Å². The maximum absolute atomic E-state index is 4.12. The van der Waals surface area contributed by atoms with Crippen LogP contribution in [0.1, 0.15) is 5.56 Å². The number of aromatic nitrogens is 1. The molecule has 1 aromatic carbocycles. The minimum absolute atomic E-state index is 1.16. The van der Waals surface area contributed by atoms with Crippen molar-refractivity contribution in [2.24, 2.45) is 0 Å². The third-order valence-corrected chi connectivity index (χ3v) is 6.33. The zero-order valence-corrected chi connectivity index (χ0v) is 12.0. The van der Waals surface area contributed by atoms with Crippen LogP contribution in [-0.4, -0.2) is 13.1 Å². The van der Waals surface area contributed by atoms with Crippen LogP contribution >= 0.6 is 0 Å². The summed E-state index contributed by atoms with van der Waals surface area (Å²) >= 11 is 0. The highest BCUT2D eigenvalue weighted by Gasteiger charge is 2.20. The Bertz CT molecular complexity index is 503.